The molecule has 1 aromatic rings. The fourth-order valence-electron chi connectivity index (χ4n) is 2.63. The van der Waals surface area contributed by atoms with Gasteiger partial charge in [-0.2, -0.15) is 0 Å². The van der Waals surface area contributed by atoms with Crippen molar-refractivity contribution in [2.75, 3.05) is 13.2 Å². The van der Waals surface area contributed by atoms with Gasteiger partial charge in [0, 0.05) is 37.4 Å². The van der Waals surface area contributed by atoms with E-state index >= 15 is 0 Å². The molecule has 0 aliphatic heterocycles. The summed E-state index contributed by atoms with van der Waals surface area (Å²) >= 11 is 0. The number of aromatic nitrogens is 1. The monoisotopic (exact) mass is 262 g/mol. The van der Waals surface area contributed by atoms with Crippen molar-refractivity contribution >= 4 is 5.91 Å². The molecular weight excluding hydrogens is 240 g/mol. The quantitative estimate of drug-likeness (QED) is 0.817. The summed E-state index contributed by atoms with van der Waals surface area (Å²) in [6.07, 6.45) is 8.64. The minimum Gasteiger partial charge on any atom is -0.396 e. The van der Waals surface area contributed by atoms with Crippen LogP contribution >= 0.6 is 0 Å². The van der Waals surface area contributed by atoms with E-state index in [4.69, 9.17) is 0 Å². The Morgan fingerprint density at radius 2 is 2.26 bits per heavy atom. The number of carbonyl (C=O) groups excluding carboxylic acids is 1. The van der Waals surface area contributed by atoms with E-state index in [-0.39, 0.29) is 24.3 Å². The van der Waals surface area contributed by atoms with Gasteiger partial charge < -0.3 is 10.4 Å². The summed E-state index contributed by atoms with van der Waals surface area (Å²) in [7, 11) is 0. The van der Waals surface area contributed by atoms with Gasteiger partial charge in [0.15, 0.2) is 0 Å². The Labute approximate surface area is 114 Å². The Balaban J connectivity index is 1.77. The first kappa shape index (κ1) is 14.0. The van der Waals surface area contributed by atoms with Crippen molar-refractivity contribution in [3.05, 3.63) is 30.1 Å². The third kappa shape index (κ3) is 4.31. The molecule has 19 heavy (non-hydrogen) atoms. The molecule has 1 atom stereocenters. The molecule has 2 rings (SSSR count). The van der Waals surface area contributed by atoms with Gasteiger partial charge in [0.2, 0.25) is 5.91 Å². The molecule has 4 nitrogen and oxygen atoms in total. The van der Waals surface area contributed by atoms with Crippen molar-refractivity contribution in [1.82, 2.24) is 10.3 Å². The minimum absolute atomic E-state index is 0.0644. The number of amides is 1. The highest BCUT2D eigenvalue weighted by molar-refractivity contribution is 5.78. The summed E-state index contributed by atoms with van der Waals surface area (Å²) in [6, 6.07) is 3.88. The van der Waals surface area contributed by atoms with E-state index in [9.17, 15) is 9.90 Å². The lowest BCUT2D eigenvalue weighted by atomic mass is 10.0. The van der Waals surface area contributed by atoms with Crippen molar-refractivity contribution in [3.63, 3.8) is 0 Å². The van der Waals surface area contributed by atoms with E-state index in [1.54, 1.807) is 12.4 Å². The summed E-state index contributed by atoms with van der Waals surface area (Å²) in [5.41, 5.74) is 1.09. The lowest BCUT2D eigenvalue weighted by Gasteiger charge is -2.17. The number of pyridine rings is 1. The van der Waals surface area contributed by atoms with Crippen LogP contribution in [0.15, 0.2) is 24.5 Å². The first-order valence-corrected chi connectivity index (χ1v) is 7.07. The first-order valence-electron chi connectivity index (χ1n) is 7.07. The van der Waals surface area contributed by atoms with E-state index in [1.165, 1.54) is 0 Å². The highest BCUT2D eigenvalue weighted by Gasteiger charge is 2.23. The van der Waals surface area contributed by atoms with Crippen molar-refractivity contribution in [3.8, 4) is 0 Å². The molecule has 1 fully saturated rings. The zero-order chi connectivity index (χ0) is 13.5. The van der Waals surface area contributed by atoms with Gasteiger partial charge in [0.25, 0.3) is 0 Å². The fourth-order valence-corrected chi connectivity index (χ4v) is 2.63. The van der Waals surface area contributed by atoms with Crippen LogP contribution in [0.2, 0.25) is 0 Å². The van der Waals surface area contributed by atoms with Gasteiger partial charge in [0.05, 0.1) is 0 Å². The predicted octanol–water partition coefficient (Wildman–Crippen LogP) is 1.54. The highest BCUT2D eigenvalue weighted by Crippen LogP contribution is 2.24. The number of hydrogen-bond acceptors (Lipinski definition) is 3. The number of aliphatic hydroxyl groups excluding tert-OH is 1. The number of aliphatic hydroxyl groups is 1. The van der Waals surface area contributed by atoms with Gasteiger partial charge in [0.1, 0.15) is 0 Å². The zero-order valence-electron chi connectivity index (χ0n) is 11.2. The molecule has 0 saturated heterocycles. The average Bonchev–Trinajstić information content (AvgIpc) is 2.98. The topological polar surface area (TPSA) is 62.2 Å². The first-order chi connectivity index (χ1) is 9.29. The average molecular weight is 262 g/mol. The molecule has 0 unspecified atom stereocenters. The van der Waals surface area contributed by atoms with Gasteiger partial charge >= 0.3 is 0 Å². The molecule has 1 heterocycles. The molecule has 2 N–H and O–H groups in total. The minimum atomic E-state index is 0.0644. The Hall–Kier alpha value is -1.42. The molecule has 4 heteroatoms. The van der Waals surface area contributed by atoms with Gasteiger partial charge in [-0.15, -0.1) is 0 Å². The van der Waals surface area contributed by atoms with Gasteiger partial charge in [-0.05, 0) is 30.9 Å². The summed E-state index contributed by atoms with van der Waals surface area (Å²) in [5.74, 6) is 0.412. The standard InChI is InChI=1S/C15H22N2O2/c18-11-13(8-12-4-3-7-16-9-12)10-17-15(19)14-5-1-2-6-14/h3-4,7,9,13-14,18H,1-2,5-6,8,10-11H2,(H,17,19)/t13-/m0/s1. The van der Waals surface area contributed by atoms with E-state index in [1.807, 2.05) is 12.1 Å². The van der Waals surface area contributed by atoms with Crippen LogP contribution < -0.4 is 5.32 Å². The van der Waals surface area contributed by atoms with Gasteiger partial charge in [-0.1, -0.05) is 18.9 Å². The van der Waals surface area contributed by atoms with E-state index in [2.05, 4.69) is 10.3 Å². The number of nitrogens with zero attached hydrogens (tertiary/aromatic N) is 1. The number of rotatable bonds is 6. The van der Waals surface area contributed by atoms with E-state index in [0.717, 1.165) is 37.7 Å². The number of carbonyl (C=O) groups is 1. The summed E-state index contributed by atoms with van der Waals surface area (Å²) in [5, 5.41) is 12.4. The maximum atomic E-state index is 11.9. The molecular formula is C15H22N2O2. The predicted molar refractivity (Wildman–Crippen MR) is 73.5 cm³/mol. The molecule has 0 aromatic carbocycles. The maximum absolute atomic E-state index is 11.9. The van der Waals surface area contributed by atoms with Crippen molar-refractivity contribution in [2.24, 2.45) is 11.8 Å². The Morgan fingerprint density at radius 3 is 2.89 bits per heavy atom. The second kappa shape index (κ2) is 7.24. The molecule has 104 valence electrons. The summed E-state index contributed by atoms with van der Waals surface area (Å²) < 4.78 is 0. The molecule has 1 amide bonds. The molecule has 1 aliphatic carbocycles. The molecule has 1 aromatic heterocycles. The Kier molecular flexibility index (Phi) is 5.33. The lowest BCUT2D eigenvalue weighted by molar-refractivity contribution is -0.125. The number of hydrogen-bond donors (Lipinski definition) is 2. The van der Waals surface area contributed by atoms with Crippen LogP contribution in [0, 0.1) is 11.8 Å². The lowest BCUT2D eigenvalue weighted by Crippen LogP contribution is -2.35. The van der Waals surface area contributed by atoms with E-state index < -0.39 is 0 Å². The molecule has 0 radical (unpaired) electrons. The van der Waals surface area contributed by atoms with Crippen molar-refractivity contribution in [1.29, 1.82) is 0 Å². The largest absolute Gasteiger partial charge is 0.396 e. The third-order valence-corrected chi connectivity index (χ3v) is 3.80. The maximum Gasteiger partial charge on any atom is 0.223 e. The zero-order valence-corrected chi connectivity index (χ0v) is 11.2. The smallest absolute Gasteiger partial charge is 0.223 e. The van der Waals surface area contributed by atoms with E-state index in [0.29, 0.717) is 6.54 Å². The second-order valence-electron chi connectivity index (χ2n) is 5.34. The van der Waals surface area contributed by atoms with Crippen LogP contribution in [0.4, 0.5) is 0 Å². The Morgan fingerprint density at radius 1 is 1.47 bits per heavy atom. The second-order valence-corrected chi connectivity index (χ2v) is 5.34. The van der Waals surface area contributed by atoms with Crippen LogP contribution in [0.5, 0.6) is 0 Å². The fraction of sp³-hybridized carbons (Fsp3) is 0.600. The SMILES string of the molecule is O=C(NC[C@@H](CO)Cc1cccnc1)C1CCCC1. The molecule has 1 aliphatic rings. The highest BCUT2D eigenvalue weighted by atomic mass is 16.3. The Bertz CT molecular complexity index is 388. The van der Waals surface area contributed by atoms with Gasteiger partial charge in [-0.25, -0.2) is 0 Å². The summed E-state index contributed by atoms with van der Waals surface area (Å²) in [4.78, 5) is 16.0. The number of nitrogens with one attached hydrogen (secondary N) is 1. The molecule has 1 saturated carbocycles. The third-order valence-electron chi connectivity index (χ3n) is 3.80. The van der Waals surface area contributed by atoms with Crippen LogP contribution in [0.3, 0.4) is 0 Å². The van der Waals surface area contributed by atoms with Crippen molar-refractivity contribution < 1.29 is 9.90 Å². The van der Waals surface area contributed by atoms with Crippen LogP contribution in [0.1, 0.15) is 31.2 Å². The molecule has 0 bridgehead atoms. The van der Waals surface area contributed by atoms with Gasteiger partial charge in [-0.3, -0.25) is 9.78 Å². The van der Waals surface area contributed by atoms with Crippen LogP contribution in [-0.2, 0) is 11.2 Å². The van der Waals surface area contributed by atoms with Crippen molar-refractivity contribution in [2.45, 2.75) is 32.1 Å². The van der Waals surface area contributed by atoms with Crippen LogP contribution in [0.25, 0.3) is 0 Å². The summed E-state index contributed by atoms with van der Waals surface area (Å²) in [6.45, 7) is 0.626. The van der Waals surface area contributed by atoms with Crippen LogP contribution in [-0.4, -0.2) is 29.1 Å². The normalized spacial score (nSPS) is 17.3. The molecule has 0 spiro atoms.